The van der Waals surface area contributed by atoms with E-state index < -0.39 is 30.3 Å². The van der Waals surface area contributed by atoms with Gasteiger partial charge in [-0.2, -0.15) is 0 Å². The van der Waals surface area contributed by atoms with E-state index in [2.05, 4.69) is 184 Å². The van der Waals surface area contributed by atoms with Crippen molar-refractivity contribution in [2.24, 2.45) is 0 Å². The molecule has 9 heteroatoms. The Hall–Kier alpha value is -5.35. The molecule has 1 N–H and O–H groups in total. The van der Waals surface area contributed by atoms with Gasteiger partial charge in [0.05, 0.1) is 34.4 Å². The van der Waals surface area contributed by atoms with Gasteiger partial charge in [0.25, 0.3) is 6.29 Å². The van der Waals surface area contributed by atoms with E-state index in [1.54, 1.807) is 0 Å². The van der Waals surface area contributed by atoms with E-state index in [1.165, 1.54) is 51.4 Å². The standard InChI is InChI=1S/C74H117NO8/c1-6-8-10-12-14-16-18-20-22-24-26-28-29-30-31-32-33-34-35-36-37-38-39-40-41-42-43-45-47-49-51-53-55-57-59-61-63-65-72(77)83-70(69-82-74(73(78)79)80-67-66-75(3,4)5)68-81-71(76)64-62-60-58-56-54-52-50-48-46-44-27-25-23-21-19-17-15-13-11-9-7-2/h8-11,14-17,20-23,26-28,30-31,33-34,36-37,39-40,44,48,50,54,56,70,74H,6-7,12-13,18-19,24-25,29,32,35,38,41-43,45-47,49,51-53,55,57-69H2,1-5H3/p+1/b10-8-,11-9-,16-14-,17-15-,22-20-,23-21-,28-26-,31-30-,34-33-,37-36-,40-39-,44-27-,50-48-,56-54-. The first kappa shape index (κ1) is 77.7. The summed E-state index contributed by atoms with van der Waals surface area (Å²) in [5, 5.41) is 9.72. The number of rotatable bonds is 57. The highest BCUT2D eigenvalue weighted by Gasteiger charge is 2.25. The number of quaternary nitrogens is 1. The van der Waals surface area contributed by atoms with E-state index in [-0.39, 0.29) is 32.7 Å². The summed E-state index contributed by atoms with van der Waals surface area (Å²) in [5.74, 6) is -2.08. The van der Waals surface area contributed by atoms with Crippen LogP contribution in [0.1, 0.15) is 219 Å². The summed E-state index contributed by atoms with van der Waals surface area (Å²) in [4.78, 5) is 37.5. The molecule has 0 aliphatic carbocycles. The Balaban J connectivity index is 4.24. The summed E-state index contributed by atoms with van der Waals surface area (Å²) >= 11 is 0. The molecule has 0 amide bonds. The van der Waals surface area contributed by atoms with E-state index in [4.69, 9.17) is 18.9 Å². The van der Waals surface area contributed by atoms with Crippen LogP contribution in [0, 0.1) is 0 Å². The molecule has 0 radical (unpaired) electrons. The minimum Gasteiger partial charge on any atom is -0.477 e. The number of carbonyl (C=O) groups excluding carboxylic acids is 2. The summed E-state index contributed by atoms with van der Waals surface area (Å²) in [6.45, 7) is 4.57. The minimum absolute atomic E-state index is 0.171. The van der Waals surface area contributed by atoms with Crippen LogP contribution >= 0.6 is 0 Å². The molecule has 0 heterocycles. The number of ether oxygens (including phenoxy) is 4. The zero-order chi connectivity index (χ0) is 60.5. The second-order valence-electron chi connectivity index (χ2n) is 22.0. The van der Waals surface area contributed by atoms with Crippen LogP contribution in [0.3, 0.4) is 0 Å². The van der Waals surface area contributed by atoms with Crippen LogP contribution in [-0.2, 0) is 33.3 Å². The highest BCUT2D eigenvalue weighted by Crippen LogP contribution is 2.15. The van der Waals surface area contributed by atoms with Crippen molar-refractivity contribution < 1.29 is 42.9 Å². The quantitative estimate of drug-likeness (QED) is 0.0211. The molecule has 2 unspecified atom stereocenters. The van der Waals surface area contributed by atoms with E-state index in [9.17, 15) is 19.5 Å². The van der Waals surface area contributed by atoms with Gasteiger partial charge in [-0.15, -0.1) is 0 Å². The van der Waals surface area contributed by atoms with Gasteiger partial charge in [0.15, 0.2) is 6.10 Å². The number of aliphatic carboxylic acids is 1. The van der Waals surface area contributed by atoms with Gasteiger partial charge in [-0.25, -0.2) is 4.79 Å². The largest absolute Gasteiger partial charge is 0.477 e. The average Bonchev–Trinajstić information content (AvgIpc) is 3.46. The molecule has 0 bridgehead atoms. The predicted molar refractivity (Wildman–Crippen MR) is 354 cm³/mol. The number of carboxylic acids is 1. The maximum Gasteiger partial charge on any atom is 0.361 e. The minimum atomic E-state index is -1.53. The van der Waals surface area contributed by atoms with Gasteiger partial charge in [0, 0.05) is 12.8 Å². The van der Waals surface area contributed by atoms with Crippen LogP contribution in [0.15, 0.2) is 170 Å². The Bertz CT molecular complexity index is 1960. The molecule has 9 nitrogen and oxygen atoms in total. The van der Waals surface area contributed by atoms with Gasteiger partial charge in [-0.1, -0.05) is 248 Å². The number of nitrogens with zero attached hydrogens (tertiary/aromatic N) is 1. The lowest BCUT2D eigenvalue weighted by atomic mass is 10.0. The van der Waals surface area contributed by atoms with Crippen molar-refractivity contribution >= 4 is 17.9 Å². The Morgan fingerprint density at radius 2 is 0.651 bits per heavy atom. The number of esters is 2. The van der Waals surface area contributed by atoms with Crippen molar-refractivity contribution in [1.29, 1.82) is 0 Å². The van der Waals surface area contributed by atoms with E-state index >= 15 is 0 Å². The van der Waals surface area contributed by atoms with Gasteiger partial charge < -0.3 is 28.5 Å². The maximum absolute atomic E-state index is 12.9. The molecule has 0 aromatic rings. The van der Waals surface area contributed by atoms with Crippen LogP contribution < -0.4 is 0 Å². The van der Waals surface area contributed by atoms with Crippen molar-refractivity contribution in [3.63, 3.8) is 0 Å². The number of unbranched alkanes of at least 4 members (excludes halogenated alkanes) is 14. The number of carbonyl (C=O) groups is 3. The Morgan fingerprint density at radius 3 is 0.988 bits per heavy atom. The van der Waals surface area contributed by atoms with Crippen LogP contribution in [0.25, 0.3) is 0 Å². The molecule has 0 aliphatic heterocycles. The highest BCUT2D eigenvalue weighted by molar-refractivity contribution is 5.71. The van der Waals surface area contributed by atoms with Crippen LogP contribution in [-0.4, -0.2) is 87.4 Å². The molecule has 0 saturated carbocycles. The molecular weight excluding hydrogens is 1030 g/mol. The fourth-order valence-corrected chi connectivity index (χ4v) is 8.09. The Morgan fingerprint density at radius 1 is 0.361 bits per heavy atom. The molecule has 0 saturated heterocycles. The number of allylic oxidation sites excluding steroid dienone is 28. The van der Waals surface area contributed by atoms with E-state index in [0.717, 1.165) is 128 Å². The van der Waals surface area contributed by atoms with E-state index in [1.807, 2.05) is 21.1 Å². The van der Waals surface area contributed by atoms with Crippen LogP contribution in [0.4, 0.5) is 0 Å². The number of likely N-dealkylation sites (N-methyl/N-ethyl adjacent to an activating group) is 1. The van der Waals surface area contributed by atoms with Crippen molar-refractivity contribution in [2.75, 3.05) is 47.5 Å². The smallest absolute Gasteiger partial charge is 0.361 e. The fourth-order valence-electron chi connectivity index (χ4n) is 8.09. The predicted octanol–water partition coefficient (Wildman–Crippen LogP) is 19.9. The van der Waals surface area contributed by atoms with Crippen molar-refractivity contribution in [2.45, 2.75) is 232 Å². The summed E-state index contributed by atoms with van der Waals surface area (Å²) in [5.41, 5.74) is 0. The lowest BCUT2D eigenvalue weighted by Gasteiger charge is -2.25. The van der Waals surface area contributed by atoms with Gasteiger partial charge in [-0.3, -0.25) is 9.59 Å². The molecular formula is C74H118NO8+. The first-order chi connectivity index (χ1) is 40.6. The molecule has 2 atom stereocenters. The van der Waals surface area contributed by atoms with Crippen molar-refractivity contribution in [3.05, 3.63) is 170 Å². The lowest BCUT2D eigenvalue weighted by molar-refractivity contribution is -0.870. The number of hydrogen-bond acceptors (Lipinski definition) is 7. The molecule has 466 valence electrons. The van der Waals surface area contributed by atoms with Gasteiger partial charge in [0.1, 0.15) is 13.2 Å². The summed E-state index contributed by atoms with van der Waals surface area (Å²) < 4.78 is 22.9. The monoisotopic (exact) mass is 1150 g/mol. The third-order valence-corrected chi connectivity index (χ3v) is 13.0. The summed E-state index contributed by atoms with van der Waals surface area (Å²) in [6, 6.07) is 0. The normalized spacial score (nSPS) is 13.9. The van der Waals surface area contributed by atoms with Crippen LogP contribution in [0.2, 0.25) is 0 Å². The highest BCUT2D eigenvalue weighted by atomic mass is 16.7. The second kappa shape index (κ2) is 62.7. The SMILES string of the molecule is CC/C=C\C/C=C\C/C=C\C/C=C\C/C=C\C/C=C\C/C=C\C/C=C\CCCCCCCCCCCCCCC(=O)OC(COC(=O)CCCC/C=C\C/C=C\C/C=C\C/C=C\C/C=C\C/C=C\CC)COC(OCC[N+](C)(C)C)C(=O)O. The fraction of sp³-hybridized carbons (Fsp3) is 0.581. The first-order valence-electron chi connectivity index (χ1n) is 32.3. The zero-order valence-electron chi connectivity index (χ0n) is 53.0. The maximum atomic E-state index is 12.9. The molecule has 0 aliphatic rings. The average molecular weight is 1150 g/mol. The van der Waals surface area contributed by atoms with Gasteiger partial charge >= 0.3 is 17.9 Å². The topological polar surface area (TPSA) is 108 Å². The molecule has 0 spiro atoms. The second-order valence-corrected chi connectivity index (χ2v) is 22.0. The molecule has 0 aromatic carbocycles. The first-order valence-corrected chi connectivity index (χ1v) is 32.3. The summed E-state index contributed by atoms with van der Waals surface area (Å²) in [6.07, 6.45) is 91.6. The van der Waals surface area contributed by atoms with Gasteiger partial charge in [0.2, 0.25) is 0 Å². The summed E-state index contributed by atoms with van der Waals surface area (Å²) in [7, 11) is 5.94. The molecule has 83 heavy (non-hydrogen) atoms. The van der Waals surface area contributed by atoms with Crippen molar-refractivity contribution in [1.82, 2.24) is 0 Å². The number of hydrogen-bond donors (Lipinski definition) is 1. The Labute approximate surface area is 507 Å². The number of carboxylic acid groups (broad SMARTS) is 1. The molecule has 0 rings (SSSR count). The third-order valence-electron chi connectivity index (χ3n) is 13.0. The third kappa shape index (κ3) is 64.1. The van der Waals surface area contributed by atoms with Gasteiger partial charge in [-0.05, 0) is 128 Å². The molecule has 0 aromatic heterocycles. The van der Waals surface area contributed by atoms with Crippen LogP contribution in [0.5, 0.6) is 0 Å². The van der Waals surface area contributed by atoms with E-state index in [0.29, 0.717) is 23.9 Å². The van der Waals surface area contributed by atoms with Crippen molar-refractivity contribution in [3.8, 4) is 0 Å². The zero-order valence-corrected chi connectivity index (χ0v) is 53.0. The lowest BCUT2D eigenvalue weighted by Crippen LogP contribution is -2.40. The molecule has 0 fully saturated rings. The Kier molecular flexibility index (Phi) is 58.6.